The third kappa shape index (κ3) is 3.33. The molecule has 4 nitrogen and oxygen atoms in total. The molecule has 0 spiro atoms. The number of carbonyl (C=O) groups is 1. The van der Waals surface area contributed by atoms with Crippen LogP contribution in [0.3, 0.4) is 0 Å². The molecule has 0 amide bonds. The SMILES string of the molecule is COC(=O)c1cc(Oc2ccc(Br)cc2C)c(F)cc1N. The lowest BCUT2D eigenvalue weighted by Gasteiger charge is -2.12. The Morgan fingerprint density at radius 2 is 1.95 bits per heavy atom. The molecule has 2 rings (SSSR count). The summed E-state index contributed by atoms with van der Waals surface area (Å²) in [5, 5.41) is 0. The van der Waals surface area contributed by atoms with Gasteiger partial charge in [0.25, 0.3) is 0 Å². The lowest BCUT2D eigenvalue weighted by atomic mass is 10.1. The minimum absolute atomic E-state index is 0.000715. The van der Waals surface area contributed by atoms with E-state index < -0.39 is 11.8 Å². The van der Waals surface area contributed by atoms with Gasteiger partial charge in [-0.05, 0) is 30.7 Å². The number of nitrogen functional groups attached to an aromatic ring is 1. The van der Waals surface area contributed by atoms with Gasteiger partial charge in [0, 0.05) is 22.3 Å². The van der Waals surface area contributed by atoms with Gasteiger partial charge in [-0.25, -0.2) is 9.18 Å². The molecule has 0 saturated heterocycles. The normalized spacial score (nSPS) is 10.3. The number of benzene rings is 2. The van der Waals surface area contributed by atoms with E-state index in [2.05, 4.69) is 20.7 Å². The summed E-state index contributed by atoms with van der Waals surface area (Å²) >= 11 is 3.34. The highest BCUT2D eigenvalue weighted by Gasteiger charge is 2.16. The molecule has 21 heavy (non-hydrogen) atoms. The maximum Gasteiger partial charge on any atom is 0.340 e. The quantitative estimate of drug-likeness (QED) is 0.667. The number of ether oxygens (including phenoxy) is 2. The molecule has 2 aromatic carbocycles. The van der Waals surface area contributed by atoms with Crippen molar-refractivity contribution in [3.05, 3.63) is 51.7 Å². The number of hydrogen-bond donors (Lipinski definition) is 1. The van der Waals surface area contributed by atoms with Crippen LogP contribution in [0.1, 0.15) is 15.9 Å². The van der Waals surface area contributed by atoms with Gasteiger partial charge in [-0.15, -0.1) is 0 Å². The fraction of sp³-hybridized carbons (Fsp3) is 0.133. The molecular weight excluding hydrogens is 341 g/mol. The van der Waals surface area contributed by atoms with Crippen molar-refractivity contribution in [3.63, 3.8) is 0 Å². The summed E-state index contributed by atoms with van der Waals surface area (Å²) in [4.78, 5) is 11.6. The molecule has 0 heterocycles. The van der Waals surface area contributed by atoms with E-state index in [1.807, 2.05) is 13.0 Å². The summed E-state index contributed by atoms with van der Waals surface area (Å²) < 4.78 is 24.9. The van der Waals surface area contributed by atoms with Crippen LogP contribution in [0.4, 0.5) is 10.1 Å². The molecule has 0 aliphatic carbocycles. The van der Waals surface area contributed by atoms with E-state index in [0.717, 1.165) is 16.1 Å². The predicted molar refractivity (Wildman–Crippen MR) is 81.1 cm³/mol. The third-order valence-corrected chi connectivity index (χ3v) is 3.36. The molecular formula is C15H13BrFNO3. The Morgan fingerprint density at radius 1 is 1.24 bits per heavy atom. The van der Waals surface area contributed by atoms with Crippen molar-refractivity contribution in [2.24, 2.45) is 0 Å². The molecule has 2 N–H and O–H groups in total. The van der Waals surface area contributed by atoms with Gasteiger partial charge in [0.2, 0.25) is 0 Å². The van der Waals surface area contributed by atoms with Gasteiger partial charge in [0.1, 0.15) is 5.75 Å². The van der Waals surface area contributed by atoms with E-state index in [1.165, 1.54) is 13.2 Å². The second kappa shape index (κ2) is 6.13. The van der Waals surface area contributed by atoms with E-state index in [9.17, 15) is 9.18 Å². The van der Waals surface area contributed by atoms with E-state index >= 15 is 0 Å². The van der Waals surface area contributed by atoms with Gasteiger partial charge < -0.3 is 15.2 Å². The first-order valence-electron chi connectivity index (χ1n) is 6.03. The average Bonchev–Trinajstić information content (AvgIpc) is 2.43. The molecule has 6 heteroatoms. The number of anilines is 1. The summed E-state index contributed by atoms with van der Waals surface area (Å²) in [7, 11) is 1.23. The zero-order chi connectivity index (χ0) is 15.6. The van der Waals surface area contributed by atoms with E-state index in [4.69, 9.17) is 10.5 Å². The Morgan fingerprint density at radius 3 is 2.57 bits per heavy atom. The highest BCUT2D eigenvalue weighted by molar-refractivity contribution is 9.10. The number of hydrogen-bond acceptors (Lipinski definition) is 4. The van der Waals surface area contributed by atoms with E-state index in [-0.39, 0.29) is 17.0 Å². The van der Waals surface area contributed by atoms with Gasteiger partial charge in [0.05, 0.1) is 12.7 Å². The first kappa shape index (κ1) is 15.3. The first-order chi connectivity index (χ1) is 9.92. The van der Waals surface area contributed by atoms with Crippen LogP contribution in [0.2, 0.25) is 0 Å². The van der Waals surface area contributed by atoms with Gasteiger partial charge in [0.15, 0.2) is 11.6 Å². The predicted octanol–water partition coefficient (Wildman–Crippen LogP) is 4.06. The number of halogens is 2. The molecule has 0 aromatic heterocycles. The number of nitrogens with two attached hydrogens (primary N) is 1. The van der Waals surface area contributed by atoms with Crippen molar-refractivity contribution >= 4 is 27.6 Å². The Hall–Kier alpha value is -2.08. The van der Waals surface area contributed by atoms with Gasteiger partial charge in [-0.3, -0.25) is 0 Å². The van der Waals surface area contributed by atoms with Crippen LogP contribution in [0.5, 0.6) is 11.5 Å². The second-order valence-corrected chi connectivity index (χ2v) is 5.29. The summed E-state index contributed by atoms with van der Waals surface area (Å²) in [6, 6.07) is 7.59. The molecule has 0 saturated carbocycles. The van der Waals surface area contributed by atoms with Gasteiger partial charge >= 0.3 is 5.97 Å². The molecule has 110 valence electrons. The van der Waals surface area contributed by atoms with Crippen molar-refractivity contribution in [1.82, 2.24) is 0 Å². The van der Waals surface area contributed by atoms with E-state index in [0.29, 0.717) is 5.75 Å². The van der Waals surface area contributed by atoms with Crippen molar-refractivity contribution in [2.45, 2.75) is 6.92 Å². The van der Waals surface area contributed by atoms with Gasteiger partial charge in [-0.2, -0.15) is 0 Å². The zero-order valence-corrected chi connectivity index (χ0v) is 13.0. The van der Waals surface area contributed by atoms with Gasteiger partial charge in [-0.1, -0.05) is 15.9 Å². The lowest BCUT2D eigenvalue weighted by Crippen LogP contribution is -2.07. The number of esters is 1. The van der Waals surface area contributed by atoms with Crippen molar-refractivity contribution in [2.75, 3.05) is 12.8 Å². The smallest absolute Gasteiger partial charge is 0.340 e. The van der Waals surface area contributed by atoms with Crippen LogP contribution in [0, 0.1) is 12.7 Å². The maximum atomic E-state index is 13.9. The van der Waals surface area contributed by atoms with Crippen LogP contribution in [0.25, 0.3) is 0 Å². The van der Waals surface area contributed by atoms with Crippen LogP contribution < -0.4 is 10.5 Å². The standard InChI is InChI=1S/C15H13BrFNO3/c1-8-5-9(16)3-4-13(8)21-14-6-10(15(19)20-2)12(18)7-11(14)17/h3-7H,18H2,1-2H3. The largest absolute Gasteiger partial charge is 0.465 e. The lowest BCUT2D eigenvalue weighted by molar-refractivity contribution is 0.0601. The maximum absolute atomic E-state index is 13.9. The van der Waals surface area contributed by atoms with Crippen molar-refractivity contribution < 1.29 is 18.7 Å². The van der Waals surface area contributed by atoms with Crippen LogP contribution in [0.15, 0.2) is 34.8 Å². The minimum atomic E-state index is -0.650. The monoisotopic (exact) mass is 353 g/mol. The molecule has 0 atom stereocenters. The molecule has 0 bridgehead atoms. The second-order valence-electron chi connectivity index (χ2n) is 4.37. The summed E-state index contributed by atoms with van der Waals surface area (Å²) in [6.45, 7) is 1.83. The highest BCUT2D eigenvalue weighted by Crippen LogP contribution is 2.31. The fourth-order valence-corrected chi connectivity index (χ4v) is 2.26. The highest BCUT2D eigenvalue weighted by atomic mass is 79.9. The summed E-state index contributed by atoms with van der Waals surface area (Å²) in [5.41, 5.74) is 6.49. The minimum Gasteiger partial charge on any atom is -0.465 e. The Kier molecular flexibility index (Phi) is 4.47. The van der Waals surface area contributed by atoms with Crippen LogP contribution in [-0.2, 0) is 4.74 Å². The zero-order valence-electron chi connectivity index (χ0n) is 11.4. The molecule has 0 aliphatic heterocycles. The number of methoxy groups -OCH3 is 1. The van der Waals surface area contributed by atoms with Crippen molar-refractivity contribution in [3.8, 4) is 11.5 Å². The molecule has 0 unspecified atom stereocenters. The van der Waals surface area contributed by atoms with E-state index in [1.54, 1.807) is 12.1 Å². The first-order valence-corrected chi connectivity index (χ1v) is 6.83. The Labute approximate surface area is 129 Å². The molecule has 0 radical (unpaired) electrons. The topological polar surface area (TPSA) is 61.5 Å². The third-order valence-electron chi connectivity index (χ3n) is 2.87. The molecule has 0 aliphatic rings. The average molecular weight is 354 g/mol. The Bertz CT molecular complexity index is 704. The van der Waals surface area contributed by atoms with Crippen molar-refractivity contribution in [1.29, 1.82) is 0 Å². The fourth-order valence-electron chi connectivity index (χ4n) is 1.78. The molecule has 2 aromatic rings. The van der Waals surface area contributed by atoms with Crippen LogP contribution in [-0.4, -0.2) is 13.1 Å². The number of aryl methyl sites for hydroxylation is 1. The van der Waals surface area contributed by atoms with Crippen LogP contribution >= 0.6 is 15.9 Å². The molecule has 0 fully saturated rings. The number of rotatable bonds is 3. The summed E-state index contributed by atoms with van der Waals surface area (Å²) in [5.74, 6) is -0.903. The number of carbonyl (C=O) groups excluding carboxylic acids is 1. The Balaban J connectivity index is 2.42. The summed E-state index contributed by atoms with van der Waals surface area (Å²) in [6.07, 6.45) is 0.